The van der Waals surface area contributed by atoms with Crippen LogP contribution >= 0.6 is 0 Å². The highest BCUT2D eigenvalue weighted by Crippen LogP contribution is 2.20. The summed E-state index contributed by atoms with van der Waals surface area (Å²) in [6.45, 7) is 1.66. The summed E-state index contributed by atoms with van der Waals surface area (Å²) in [7, 11) is -4.67. The molecule has 0 saturated heterocycles. The Morgan fingerprint density at radius 3 is 1.94 bits per heavy atom. The monoisotopic (exact) mass is 270 g/mol. The van der Waals surface area contributed by atoms with Crippen LogP contribution in [-0.4, -0.2) is 29.1 Å². The van der Waals surface area contributed by atoms with E-state index in [1.807, 2.05) is 0 Å². The maximum Gasteiger partial charge on any atom is 0.394 e. The van der Waals surface area contributed by atoms with E-state index in [1.165, 1.54) is 6.08 Å². The first-order valence-corrected chi connectivity index (χ1v) is 6.16. The van der Waals surface area contributed by atoms with Crippen molar-refractivity contribution in [3.63, 3.8) is 0 Å². The van der Waals surface area contributed by atoms with Crippen LogP contribution in [0.25, 0.3) is 0 Å². The van der Waals surface area contributed by atoms with Gasteiger partial charge in [-0.3, -0.25) is 18.7 Å². The summed E-state index contributed by atoms with van der Waals surface area (Å²) in [5.41, 5.74) is 1.55. The van der Waals surface area contributed by atoms with E-state index in [0.717, 1.165) is 0 Å². The first kappa shape index (κ1) is 14.2. The van der Waals surface area contributed by atoms with Crippen molar-refractivity contribution in [1.82, 2.24) is 0 Å². The van der Waals surface area contributed by atoms with Crippen LogP contribution in [0, 0.1) is 0 Å². The van der Waals surface area contributed by atoms with Crippen molar-refractivity contribution in [3.05, 3.63) is 47.0 Å². The minimum atomic E-state index is -4.67. The molecule has 0 spiro atoms. The lowest BCUT2D eigenvalue weighted by molar-refractivity contribution is 0.0984. The molecule has 0 atom stereocenters. The number of carbonyl (C=O) groups is 2. The zero-order valence-corrected chi connectivity index (χ0v) is 10.1. The third kappa shape index (κ3) is 3.88. The molecule has 0 radical (unpaired) electrons. The number of allylic oxidation sites excluding steroid dienone is 2. The van der Waals surface area contributed by atoms with Crippen molar-refractivity contribution in [2.75, 3.05) is 0 Å². The molecular formula is C11H10O6S. The highest BCUT2D eigenvalue weighted by Gasteiger charge is 2.21. The molecule has 2 N–H and O–H groups in total. The molecule has 0 unspecified atom stereocenters. The number of hydrogen-bond acceptors (Lipinski definition) is 4. The topological polar surface area (TPSA) is 109 Å². The normalized spacial score (nSPS) is 14.3. The largest absolute Gasteiger partial charge is 0.394 e. The van der Waals surface area contributed by atoms with Crippen molar-refractivity contribution >= 4 is 22.0 Å². The number of ketones is 2. The summed E-state index contributed by atoms with van der Waals surface area (Å²) in [6, 6.07) is 6.89. The van der Waals surface area contributed by atoms with Gasteiger partial charge in [0.15, 0.2) is 11.6 Å². The average Bonchev–Trinajstić information content (AvgIpc) is 2.24. The summed E-state index contributed by atoms with van der Waals surface area (Å²) in [5, 5.41) is 0. The first-order valence-electron chi connectivity index (χ1n) is 4.76. The first-order chi connectivity index (χ1) is 8.20. The minimum absolute atomic E-state index is 0.0461. The molecule has 0 fully saturated rings. The van der Waals surface area contributed by atoms with E-state index in [2.05, 4.69) is 0 Å². The Bertz CT molecular complexity index is 619. The lowest BCUT2D eigenvalue weighted by Crippen LogP contribution is -2.14. The van der Waals surface area contributed by atoms with Crippen molar-refractivity contribution < 1.29 is 27.1 Å². The van der Waals surface area contributed by atoms with Gasteiger partial charge in [0.1, 0.15) is 0 Å². The van der Waals surface area contributed by atoms with E-state index in [9.17, 15) is 9.59 Å². The van der Waals surface area contributed by atoms with Gasteiger partial charge in [-0.05, 0) is 13.0 Å². The van der Waals surface area contributed by atoms with E-state index in [4.69, 9.17) is 17.5 Å². The summed E-state index contributed by atoms with van der Waals surface area (Å²) >= 11 is 0. The number of benzene rings is 1. The number of fused-ring (bicyclic) bond motifs is 1. The second-order valence-electron chi connectivity index (χ2n) is 3.51. The quantitative estimate of drug-likeness (QED) is 0.689. The van der Waals surface area contributed by atoms with Gasteiger partial charge in [-0.2, -0.15) is 8.42 Å². The molecule has 96 valence electrons. The Labute approximate surface area is 104 Å². The fraction of sp³-hybridized carbons (Fsp3) is 0.0909. The second-order valence-corrected chi connectivity index (χ2v) is 4.41. The highest BCUT2D eigenvalue weighted by molar-refractivity contribution is 7.79. The molecule has 1 aromatic carbocycles. The molecule has 0 saturated carbocycles. The molecule has 0 heterocycles. The lowest BCUT2D eigenvalue weighted by atomic mass is 9.90. The summed E-state index contributed by atoms with van der Waals surface area (Å²) in [5.74, 6) is -0.122. The van der Waals surface area contributed by atoms with E-state index in [1.54, 1.807) is 31.2 Å². The molecule has 2 rings (SSSR count). The molecule has 1 aromatic rings. The van der Waals surface area contributed by atoms with Gasteiger partial charge in [0, 0.05) is 16.7 Å². The van der Waals surface area contributed by atoms with Gasteiger partial charge in [0.2, 0.25) is 0 Å². The predicted octanol–water partition coefficient (Wildman–Crippen LogP) is 1.36. The van der Waals surface area contributed by atoms with Crippen molar-refractivity contribution in [3.8, 4) is 0 Å². The Hall–Kier alpha value is -1.83. The predicted molar refractivity (Wildman–Crippen MR) is 63.0 cm³/mol. The molecular weight excluding hydrogens is 260 g/mol. The standard InChI is InChI=1S/C11H8O2.H2O4S/c1-7-6-10(12)8-4-2-3-5-9(8)11(7)13;1-5(2,3)4/h2-6H,1H3;(H2,1,2,3,4). The van der Waals surface area contributed by atoms with Gasteiger partial charge in [-0.15, -0.1) is 0 Å². The third-order valence-electron chi connectivity index (χ3n) is 2.14. The summed E-state index contributed by atoms with van der Waals surface area (Å²) in [4.78, 5) is 23.0. The number of rotatable bonds is 0. The van der Waals surface area contributed by atoms with Crippen LogP contribution < -0.4 is 0 Å². The van der Waals surface area contributed by atoms with E-state index >= 15 is 0 Å². The lowest BCUT2D eigenvalue weighted by Gasteiger charge is -2.11. The van der Waals surface area contributed by atoms with Crippen LogP contribution in [0.15, 0.2) is 35.9 Å². The number of carbonyl (C=O) groups excluding carboxylic acids is 2. The Morgan fingerprint density at radius 2 is 1.44 bits per heavy atom. The molecule has 1 aliphatic carbocycles. The average molecular weight is 270 g/mol. The van der Waals surface area contributed by atoms with E-state index in [0.29, 0.717) is 16.7 Å². The molecule has 7 heteroatoms. The van der Waals surface area contributed by atoms with E-state index < -0.39 is 10.4 Å². The van der Waals surface area contributed by atoms with Crippen molar-refractivity contribution in [1.29, 1.82) is 0 Å². The van der Waals surface area contributed by atoms with E-state index in [-0.39, 0.29) is 11.6 Å². The van der Waals surface area contributed by atoms with Gasteiger partial charge in [-0.25, -0.2) is 0 Å². The highest BCUT2D eigenvalue weighted by atomic mass is 32.3. The molecule has 0 amide bonds. The summed E-state index contributed by atoms with van der Waals surface area (Å²) in [6.07, 6.45) is 1.39. The van der Waals surface area contributed by atoms with Gasteiger partial charge in [0.25, 0.3) is 0 Å². The maximum atomic E-state index is 11.5. The number of Topliss-reactive ketones (excluding diaryl/α,β-unsaturated/α-hetero) is 1. The molecule has 1 aliphatic rings. The smallest absolute Gasteiger partial charge is 0.289 e. The maximum absolute atomic E-state index is 11.5. The zero-order chi connectivity index (χ0) is 13.9. The van der Waals surface area contributed by atoms with Crippen LogP contribution in [0.2, 0.25) is 0 Å². The molecule has 0 aliphatic heterocycles. The molecule has 0 bridgehead atoms. The number of hydrogen-bond donors (Lipinski definition) is 2. The molecule has 0 aromatic heterocycles. The second kappa shape index (κ2) is 5.21. The van der Waals surface area contributed by atoms with Crippen LogP contribution in [0.3, 0.4) is 0 Å². The third-order valence-corrected chi connectivity index (χ3v) is 2.14. The Balaban J connectivity index is 0.000000280. The molecule has 6 nitrogen and oxygen atoms in total. The minimum Gasteiger partial charge on any atom is -0.289 e. The SMILES string of the molecule is CC1=CC(=O)c2ccccc2C1=O.O=S(=O)(O)O. The van der Waals surface area contributed by atoms with Crippen molar-refractivity contribution in [2.24, 2.45) is 0 Å². The Morgan fingerprint density at radius 1 is 1.00 bits per heavy atom. The van der Waals surface area contributed by atoms with Crippen LogP contribution in [-0.2, 0) is 10.4 Å². The van der Waals surface area contributed by atoms with Gasteiger partial charge >= 0.3 is 10.4 Å². The van der Waals surface area contributed by atoms with Gasteiger partial charge in [0.05, 0.1) is 0 Å². The molecule has 18 heavy (non-hydrogen) atoms. The summed E-state index contributed by atoms with van der Waals surface area (Å²) < 4.78 is 31.6. The zero-order valence-electron chi connectivity index (χ0n) is 9.32. The Kier molecular flexibility index (Phi) is 4.12. The fourth-order valence-electron chi connectivity index (χ4n) is 1.45. The fourth-order valence-corrected chi connectivity index (χ4v) is 1.45. The van der Waals surface area contributed by atoms with Crippen LogP contribution in [0.5, 0.6) is 0 Å². The van der Waals surface area contributed by atoms with Crippen LogP contribution in [0.1, 0.15) is 27.6 Å². The van der Waals surface area contributed by atoms with Gasteiger partial charge in [-0.1, -0.05) is 24.3 Å². The van der Waals surface area contributed by atoms with Gasteiger partial charge < -0.3 is 0 Å². The van der Waals surface area contributed by atoms with Crippen molar-refractivity contribution in [2.45, 2.75) is 6.92 Å². The van der Waals surface area contributed by atoms with Crippen LogP contribution in [0.4, 0.5) is 0 Å².